The van der Waals surface area contributed by atoms with Gasteiger partial charge in [-0.1, -0.05) is 19.9 Å². The Morgan fingerprint density at radius 1 is 0.914 bits per heavy atom. The number of esters is 2. The van der Waals surface area contributed by atoms with E-state index in [4.69, 9.17) is 4.55 Å². The molecule has 0 aromatic carbocycles. The lowest BCUT2D eigenvalue weighted by atomic mass is 10.2. The molecule has 0 aliphatic carbocycles. The Kier molecular flexibility index (Phi) is 10.6. The number of carbonyl (C=O) groups excluding carboxylic acids is 2. The molecule has 0 aromatic rings. The van der Waals surface area contributed by atoms with Crippen molar-refractivity contribution in [1.82, 2.24) is 0 Å². The number of unbranched alkanes of at least 4 members (excludes halogenated alkanes) is 1. The van der Waals surface area contributed by atoms with Crippen molar-refractivity contribution < 1.29 is 80.7 Å². The van der Waals surface area contributed by atoms with E-state index < -0.39 is 83.0 Å². The van der Waals surface area contributed by atoms with Crippen molar-refractivity contribution in [3.8, 4) is 0 Å². The summed E-state index contributed by atoms with van der Waals surface area (Å²) >= 11 is 0. The van der Waals surface area contributed by atoms with E-state index in [2.05, 4.69) is 20.8 Å². The molecule has 1 unspecified atom stereocenters. The quantitative estimate of drug-likeness (QED) is 0.0892. The molecule has 19 heteroatoms. The van der Waals surface area contributed by atoms with Crippen molar-refractivity contribution >= 4 is 22.1 Å². The second-order valence-electron chi connectivity index (χ2n) is 6.62. The maximum Gasteiger partial charge on any atom is 0.468 e. The molecule has 0 radical (unpaired) electrons. The average molecular weight is 560 g/mol. The van der Waals surface area contributed by atoms with Crippen molar-refractivity contribution in [1.29, 1.82) is 0 Å². The third kappa shape index (κ3) is 7.92. The van der Waals surface area contributed by atoms with Crippen molar-refractivity contribution in [2.45, 2.75) is 61.9 Å². The number of halogens is 10. The van der Waals surface area contributed by atoms with Gasteiger partial charge in [-0.05, 0) is 12.8 Å². The summed E-state index contributed by atoms with van der Waals surface area (Å²) in [5.41, 5.74) is -2.53. The monoisotopic (exact) mass is 560 g/mol. The second kappa shape index (κ2) is 11.3. The number of carbonyl (C=O) groups is 2. The van der Waals surface area contributed by atoms with Crippen LogP contribution in [0.2, 0.25) is 0 Å². The van der Waals surface area contributed by atoms with E-state index >= 15 is 0 Å². The fraction of sp³-hybridized carbons (Fsp3) is 0.750. The molecule has 0 aliphatic heterocycles. The summed E-state index contributed by atoms with van der Waals surface area (Å²) in [5.74, 6) is -16.0. The van der Waals surface area contributed by atoms with Crippen LogP contribution in [0.3, 0.4) is 0 Å². The molecule has 0 rings (SSSR count). The summed E-state index contributed by atoms with van der Waals surface area (Å²) in [6, 6.07) is 0. The van der Waals surface area contributed by atoms with Gasteiger partial charge in [0.1, 0.15) is 5.57 Å². The predicted octanol–water partition coefficient (Wildman–Crippen LogP) is 4.16. The van der Waals surface area contributed by atoms with Gasteiger partial charge in [0.05, 0.1) is 13.2 Å². The minimum atomic E-state index is -6.68. The minimum absolute atomic E-state index is 0.0835. The minimum Gasteiger partial charge on any atom is -0.461 e. The second-order valence-corrected chi connectivity index (χ2v) is 8.08. The van der Waals surface area contributed by atoms with Crippen molar-refractivity contribution in [2.24, 2.45) is 0 Å². The maximum absolute atomic E-state index is 13.7. The first-order chi connectivity index (χ1) is 15.5. The van der Waals surface area contributed by atoms with Gasteiger partial charge in [-0.3, -0.25) is 4.55 Å². The van der Waals surface area contributed by atoms with Gasteiger partial charge < -0.3 is 14.2 Å². The van der Waals surface area contributed by atoms with Crippen LogP contribution >= 0.6 is 0 Å². The largest absolute Gasteiger partial charge is 0.468 e. The number of ether oxygens (including phenoxy) is 3. The molecule has 1 atom stereocenters. The molecular formula is C16H18F10O8S. The third-order valence-electron chi connectivity index (χ3n) is 3.89. The van der Waals surface area contributed by atoms with Crippen LogP contribution < -0.4 is 0 Å². The van der Waals surface area contributed by atoms with Crippen molar-refractivity contribution in [2.75, 3.05) is 13.2 Å². The Hall–Kier alpha value is -2.15. The highest BCUT2D eigenvalue weighted by atomic mass is 32.2. The predicted molar refractivity (Wildman–Crippen MR) is 92.6 cm³/mol. The lowest BCUT2D eigenvalue weighted by Crippen LogP contribution is -2.58. The molecule has 1 N–H and O–H groups in total. The van der Waals surface area contributed by atoms with E-state index in [0.29, 0.717) is 0 Å². The van der Waals surface area contributed by atoms with Gasteiger partial charge >= 0.3 is 51.4 Å². The molecule has 0 heterocycles. The highest BCUT2D eigenvalue weighted by molar-refractivity contribution is 7.87. The van der Waals surface area contributed by atoms with Crippen molar-refractivity contribution in [3.63, 3.8) is 0 Å². The van der Waals surface area contributed by atoms with Gasteiger partial charge in [-0.2, -0.15) is 52.3 Å². The Bertz CT molecular complexity index is 882. The third-order valence-corrected chi connectivity index (χ3v) is 4.83. The first-order valence-corrected chi connectivity index (χ1v) is 10.5. The number of rotatable bonds is 13. The molecule has 0 fully saturated rings. The zero-order chi connectivity index (χ0) is 28.1. The summed E-state index contributed by atoms with van der Waals surface area (Å²) in [5, 5.41) is -6.09. The van der Waals surface area contributed by atoms with E-state index in [1.54, 1.807) is 0 Å². The maximum atomic E-state index is 13.7. The van der Waals surface area contributed by atoms with Crippen molar-refractivity contribution in [3.05, 3.63) is 12.2 Å². The molecule has 0 saturated carbocycles. The Morgan fingerprint density at radius 3 is 1.83 bits per heavy atom. The summed E-state index contributed by atoms with van der Waals surface area (Å²) in [6.45, 7) is 1.04. The molecule has 0 aromatic heterocycles. The molecule has 0 aliphatic rings. The van der Waals surface area contributed by atoms with E-state index in [1.807, 2.05) is 0 Å². The van der Waals surface area contributed by atoms with Gasteiger partial charge in [-0.25, -0.2) is 9.59 Å². The molecule has 0 spiro atoms. The zero-order valence-electron chi connectivity index (χ0n) is 17.4. The average Bonchev–Trinajstić information content (AvgIpc) is 2.66. The Balaban J connectivity index is 5.98. The van der Waals surface area contributed by atoms with Crippen LogP contribution in [0.1, 0.15) is 32.6 Å². The van der Waals surface area contributed by atoms with E-state index in [0.717, 1.165) is 0 Å². The van der Waals surface area contributed by atoms with Crippen LogP contribution in [0.5, 0.6) is 0 Å². The van der Waals surface area contributed by atoms with E-state index in [-0.39, 0.29) is 12.8 Å². The number of hydrogen-bond acceptors (Lipinski definition) is 7. The lowest BCUT2D eigenvalue weighted by Gasteiger charge is -2.33. The Labute approximate surface area is 190 Å². The topological polar surface area (TPSA) is 116 Å². The fourth-order valence-corrected chi connectivity index (χ4v) is 2.42. The van der Waals surface area contributed by atoms with Crippen LogP contribution in [0.4, 0.5) is 43.9 Å². The SMILES string of the molecule is C=C(C(=O)OC(OCCCC(F)(F)C(F)(F)S(=O)(=O)O)(C(=O)OCCCC)C(F)(F)F)C(F)(F)F. The van der Waals surface area contributed by atoms with E-state index in [9.17, 15) is 61.9 Å². The molecule has 0 amide bonds. The number of alkyl halides is 10. The molecule has 0 saturated heterocycles. The molecule has 206 valence electrons. The molecular weight excluding hydrogens is 542 g/mol. The summed E-state index contributed by atoms with van der Waals surface area (Å²) in [7, 11) is -6.68. The Morgan fingerprint density at radius 2 is 1.43 bits per heavy atom. The van der Waals surface area contributed by atoms with Crippen LogP contribution in [0.25, 0.3) is 0 Å². The lowest BCUT2D eigenvalue weighted by molar-refractivity contribution is -0.355. The molecule has 0 bridgehead atoms. The summed E-state index contributed by atoms with van der Waals surface area (Å²) < 4.78 is 173. The van der Waals surface area contributed by atoms with Gasteiger partial charge in [-0.15, -0.1) is 0 Å². The first-order valence-electron chi connectivity index (χ1n) is 9.08. The van der Waals surface area contributed by atoms with Gasteiger partial charge in [0.25, 0.3) is 0 Å². The highest BCUT2D eigenvalue weighted by Crippen LogP contribution is 2.42. The zero-order valence-corrected chi connectivity index (χ0v) is 18.3. The normalized spacial score (nSPS) is 15.3. The highest BCUT2D eigenvalue weighted by Gasteiger charge is 2.69. The first kappa shape index (κ1) is 32.8. The summed E-state index contributed by atoms with van der Waals surface area (Å²) in [4.78, 5) is 23.6. The fourth-order valence-electron chi connectivity index (χ4n) is 1.94. The standard InChI is InChI=1S/C16H18F10O8S/c1-3-4-7-32-11(28)13(15(22,23)24,34-10(27)9(2)14(19,20)21)33-8-5-6-12(17,18)16(25,26)35(29,30)31/h2-8H2,1H3,(H,29,30,31). The molecule has 35 heavy (non-hydrogen) atoms. The smallest absolute Gasteiger partial charge is 0.461 e. The molecule has 8 nitrogen and oxygen atoms in total. The van der Waals surface area contributed by atoms with Crippen LogP contribution in [0.15, 0.2) is 12.2 Å². The van der Waals surface area contributed by atoms with E-state index in [1.165, 1.54) is 6.92 Å². The van der Waals surface area contributed by atoms with Crippen LogP contribution in [-0.2, 0) is 33.9 Å². The van der Waals surface area contributed by atoms with Gasteiger partial charge in [0.15, 0.2) is 0 Å². The van der Waals surface area contributed by atoms with Gasteiger partial charge in [0.2, 0.25) is 0 Å². The van der Waals surface area contributed by atoms with Gasteiger partial charge in [0, 0.05) is 6.42 Å². The number of hydrogen-bond donors (Lipinski definition) is 1. The summed E-state index contributed by atoms with van der Waals surface area (Å²) in [6.07, 6.45) is -15.6. The van der Waals surface area contributed by atoms with Crippen LogP contribution in [0, 0.1) is 0 Å². The van der Waals surface area contributed by atoms with Crippen LogP contribution in [-0.4, -0.2) is 67.4 Å².